The molecule has 18 heavy (non-hydrogen) atoms. The van der Waals surface area contributed by atoms with E-state index in [1.807, 2.05) is 39.8 Å². The molecule has 0 amide bonds. The summed E-state index contributed by atoms with van der Waals surface area (Å²) in [4.78, 5) is 11.4. The van der Waals surface area contributed by atoms with Crippen molar-refractivity contribution in [2.45, 2.75) is 40.3 Å². The van der Waals surface area contributed by atoms with E-state index in [1.165, 1.54) is 0 Å². The number of nitrogens with two attached hydrogens (primary N) is 1. The van der Waals surface area contributed by atoms with E-state index < -0.39 is 0 Å². The van der Waals surface area contributed by atoms with Crippen LogP contribution in [0.15, 0.2) is 12.1 Å². The molecule has 0 unspecified atom stereocenters. The van der Waals surface area contributed by atoms with Gasteiger partial charge in [0, 0.05) is 6.54 Å². The third-order valence-electron chi connectivity index (χ3n) is 2.46. The van der Waals surface area contributed by atoms with Crippen molar-refractivity contribution in [1.82, 2.24) is 0 Å². The highest BCUT2D eigenvalue weighted by atomic mass is 16.6. The maximum absolute atomic E-state index is 11.4. The first kappa shape index (κ1) is 14.5. The molecule has 4 heteroatoms. The zero-order valence-corrected chi connectivity index (χ0v) is 11.4. The fourth-order valence-corrected chi connectivity index (χ4v) is 1.81. The largest absolute Gasteiger partial charge is 0.481 e. The van der Waals surface area contributed by atoms with Crippen molar-refractivity contribution in [2.24, 2.45) is 5.73 Å². The van der Waals surface area contributed by atoms with Crippen LogP contribution in [-0.4, -0.2) is 18.7 Å². The molecule has 100 valence electrons. The van der Waals surface area contributed by atoms with Crippen molar-refractivity contribution in [1.29, 1.82) is 0 Å². The Bertz CT molecular complexity index is 404. The zero-order valence-electron chi connectivity index (χ0n) is 11.4. The Hall–Kier alpha value is -1.55. The minimum Gasteiger partial charge on any atom is -0.481 e. The number of carbonyl (C=O) groups excluding carboxylic acids is 1. The lowest BCUT2D eigenvalue weighted by molar-refractivity contribution is -0.149. The van der Waals surface area contributed by atoms with Crippen molar-refractivity contribution in [3.63, 3.8) is 0 Å². The van der Waals surface area contributed by atoms with Crippen molar-refractivity contribution in [3.05, 3.63) is 28.8 Å². The molecular weight excluding hydrogens is 230 g/mol. The number of hydrogen-bond acceptors (Lipinski definition) is 4. The summed E-state index contributed by atoms with van der Waals surface area (Å²) in [6, 6.07) is 3.94. The molecule has 0 radical (unpaired) electrons. The van der Waals surface area contributed by atoms with Crippen LogP contribution in [0.5, 0.6) is 5.75 Å². The number of rotatable bonds is 5. The van der Waals surface area contributed by atoms with E-state index in [0.717, 1.165) is 22.4 Å². The van der Waals surface area contributed by atoms with E-state index >= 15 is 0 Å². The Morgan fingerprint density at radius 2 is 1.83 bits per heavy atom. The van der Waals surface area contributed by atoms with Crippen molar-refractivity contribution >= 4 is 5.97 Å². The second-order valence-corrected chi connectivity index (χ2v) is 4.59. The Morgan fingerprint density at radius 1 is 1.28 bits per heavy atom. The Balaban J connectivity index is 2.70. The molecule has 0 aliphatic heterocycles. The molecule has 0 heterocycles. The Morgan fingerprint density at radius 3 is 2.28 bits per heavy atom. The summed E-state index contributed by atoms with van der Waals surface area (Å²) < 4.78 is 10.5. The molecule has 0 aliphatic carbocycles. The highest BCUT2D eigenvalue weighted by Crippen LogP contribution is 2.24. The minimum absolute atomic E-state index is 0.0676. The third kappa shape index (κ3) is 4.04. The monoisotopic (exact) mass is 251 g/mol. The summed E-state index contributed by atoms with van der Waals surface area (Å²) in [5.41, 5.74) is 8.62. The van der Waals surface area contributed by atoms with E-state index in [1.54, 1.807) is 0 Å². The molecule has 0 aliphatic rings. The van der Waals surface area contributed by atoms with Gasteiger partial charge in [0.2, 0.25) is 0 Å². The predicted octanol–water partition coefficient (Wildman–Crippen LogP) is 2.09. The van der Waals surface area contributed by atoms with Gasteiger partial charge in [-0.1, -0.05) is 12.1 Å². The van der Waals surface area contributed by atoms with E-state index in [-0.39, 0.29) is 18.7 Å². The van der Waals surface area contributed by atoms with Crippen LogP contribution < -0.4 is 10.5 Å². The smallest absolute Gasteiger partial charge is 0.344 e. The lowest BCUT2D eigenvalue weighted by Gasteiger charge is -2.14. The zero-order chi connectivity index (χ0) is 13.7. The van der Waals surface area contributed by atoms with Gasteiger partial charge in [-0.3, -0.25) is 0 Å². The molecule has 0 saturated heterocycles. The van der Waals surface area contributed by atoms with Crippen LogP contribution >= 0.6 is 0 Å². The normalized spacial score (nSPS) is 10.6. The van der Waals surface area contributed by atoms with Gasteiger partial charge in [0.1, 0.15) is 5.75 Å². The van der Waals surface area contributed by atoms with Gasteiger partial charge in [0.25, 0.3) is 0 Å². The summed E-state index contributed by atoms with van der Waals surface area (Å²) in [6.45, 7) is 7.93. The molecule has 0 bridgehead atoms. The number of benzene rings is 1. The topological polar surface area (TPSA) is 61.5 Å². The molecule has 2 N–H and O–H groups in total. The van der Waals surface area contributed by atoms with Gasteiger partial charge in [-0.2, -0.15) is 0 Å². The maximum Gasteiger partial charge on any atom is 0.344 e. The summed E-state index contributed by atoms with van der Waals surface area (Å²) in [5.74, 6) is 0.375. The molecule has 1 aromatic rings. The highest BCUT2D eigenvalue weighted by molar-refractivity contribution is 5.71. The van der Waals surface area contributed by atoms with Crippen molar-refractivity contribution < 1.29 is 14.3 Å². The number of carbonyl (C=O) groups is 1. The molecule has 0 fully saturated rings. The number of aryl methyl sites for hydroxylation is 2. The van der Waals surface area contributed by atoms with Gasteiger partial charge in [-0.15, -0.1) is 0 Å². The van der Waals surface area contributed by atoms with Crippen molar-refractivity contribution in [3.8, 4) is 5.75 Å². The molecule has 1 aromatic carbocycles. The Kier molecular flexibility index (Phi) is 5.16. The molecule has 0 spiro atoms. The fraction of sp³-hybridized carbons (Fsp3) is 0.500. The molecule has 4 nitrogen and oxygen atoms in total. The van der Waals surface area contributed by atoms with Crippen LogP contribution in [0.25, 0.3) is 0 Å². The van der Waals surface area contributed by atoms with Gasteiger partial charge in [-0.25, -0.2) is 4.79 Å². The van der Waals surface area contributed by atoms with Gasteiger partial charge in [0.15, 0.2) is 6.61 Å². The quantitative estimate of drug-likeness (QED) is 0.814. The first-order chi connectivity index (χ1) is 8.43. The number of hydrogen-bond donors (Lipinski definition) is 1. The van der Waals surface area contributed by atoms with E-state index in [2.05, 4.69) is 0 Å². The van der Waals surface area contributed by atoms with Crippen LogP contribution in [0.2, 0.25) is 0 Å². The molecule has 0 saturated carbocycles. The Labute approximate surface area is 108 Å². The SMILES string of the molecule is Cc1cc(CN)cc(C)c1OCC(=O)OC(C)C. The molecule has 1 rings (SSSR count). The van der Waals surface area contributed by atoms with Crippen LogP contribution in [0.1, 0.15) is 30.5 Å². The summed E-state index contributed by atoms with van der Waals surface area (Å²) >= 11 is 0. The van der Waals surface area contributed by atoms with Gasteiger partial charge in [-0.05, 0) is 44.4 Å². The average Bonchev–Trinajstić information content (AvgIpc) is 2.26. The van der Waals surface area contributed by atoms with E-state index in [0.29, 0.717) is 6.54 Å². The first-order valence-electron chi connectivity index (χ1n) is 6.06. The molecular formula is C14H21NO3. The summed E-state index contributed by atoms with van der Waals surface area (Å²) in [5, 5.41) is 0. The summed E-state index contributed by atoms with van der Waals surface area (Å²) in [7, 11) is 0. The van der Waals surface area contributed by atoms with Gasteiger partial charge >= 0.3 is 5.97 Å². The van der Waals surface area contributed by atoms with Crippen LogP contribution in [-0.2, 0) is 16.1 Å². The second-order valence-electron chi connectivity index (χ2n) is 4.59. The third-order valence-corrected chi connectivity index (χ3v) is 2.46. The molecule has 0 aromatic heterocycles. The second kappa shape index (κ2) is 6.40. The fourth-order valence-electron chi connectivity index (χ4n) is 1.81. The van der Waals surface area contributed by atoms with E-state index in [4.69, 9.17) is 15.2 Å². The molecule has 0 atom stereocenters. The average molecular weight is 251 g/mol. The van der Waals surface area contributed by atoms with Crippen LogP contribution in [0.3, 0.4) is 0 Å². The van der Waals surface area contributed by atoms with Crippen LogP contribution in [0.4, 0.5) is 0 Å². The lowest BCUT2D eigenvalue weighted by Crippen LogP contribution is -2.19. The van der Waals surface area contributed by atoms with E-state index in [9.17, 15) is 4.79 Å². The number of esters is 1. The maximum atomic E-state index is 11.4. The predicted molar refractivity (Wildman–Crippen MR) is 70.5 cm³/mol. The lowest BCUT2D eigenvalue weighted by atomic mass is 10.1. The standard InChI is InChI=1S/C14H21NO3/c1-9(2)18-13(16)8-17-14-10(3)5-12(7-15)6-11(14)4/h5-6,9H,7-8,15H2,1-4H3. The highest BCUT2D eigenvalue weighted by Gasteiger charge is 2.10. The first-order valence-corrected chi connectivity index (χ1v) is 6.06. The number of ether oxygens (including phenoxy) is 2. The van der Waals surface area contributed by atoms with Gasteiger partial charge < -0.3 is 15.2 Å². The minimum atomic E-state index is -0.355. The van der Waals surface area contributed by atoms with Crippen LogP contribution in [0, 0.1) is 13.8 Å². The summed E-state index contributed by atoms with van der Waals surface area (Å²) in [6.07, 6.45) is -0.122. The van der Waals surface area contributed by atoms with Gasteiger partial charge in [0.05, 0.1) is 6.10 Å². The van der Waals surface area contributed by atoms with Crippen molar-refractivity contribution in [2.75, 3.05) is 6.61 Å².